The Balaban J connectivity index is 2.14. The van der Waals surface area contributed by atoms with Crippen molar-refractivity contribution < 1.29 is 20.4 Å². The summed E-state index contributed by atoms with van der Waals surface area (Å²) in [7, 11) is 0. The number of aliphatic hydroxyl groups is 4. The number of nitrogens with zero attached hydrogens (tertiary/aromatic N) is 1. The molecule has 4 N–H and O–H groups in total. The molecule has 0 aromatic carbocycles. The maximum Gasteiger partial charge on any atom is 0.0992 e. The second kappa shape index (κ2) is 3.18. The zero-order chi connectivity index (χ0) is 9.59. The molecule has 0 spiro atoms. The number of hydrogen-bond donors (Lipinski definition) is 4. The summed E-state index contributed by atoms with van der Waals surface area (Å²) in [6, 6.07) is -0.501. The maximum atomic E-state index is 9.57. The van der Waals surface area contributed by atoms with E-state index in [1.807, 2.05) is 4.90 Å². The summed E-state index contributed by atoms with van der Waals surface area (Å²) >= 11 is 0. The van der Waals surface area contributed by atoms with Crippen LogP contribution in [0.25, 0.3) is 0 Å². The van der Waals surface area contributed by atoms with Gasteiger partial charge in [-0.05, 0) is 6.42 Å². The highest BCUT2D eigenvalue weighted by molar-refractivity contribution is 5.02. The minimum atomic E-state index is -0.944. The van der Waals surface area contributed by atoms with Gasteiger partial charge in [-0.2, -0.15) is 0 Å². The van der Waals surface area contributed by atoms with E-state index in [2.05, 4.69) is 0 Å². The highest BCUT2D eigenvalue weighted by atomic mass is 16.4. The number of rotatable bonds is 0. The first-order valence-electron chi connectivity index (χ1n) is 4.57. The van der Waals surface area contributed by atoms with Crippen LogP contribution in [0.1, 0.15) is 6.42 Å². The van der Waals surface area contributed by atoms with Crippen LogP contribution in [0.15, 0.2) is 0 Å². The lowest BCUT2D eigenvalue weighted by Crippen LogP contribution is -2.55. The molecule has 5 heteroatoms. The van der Waals surface area contributed by atoms with Crippen molar-refractivity contribution in [3.8, 4) is 0 Å². The van der Waals surface area contributed by atoms with Crippen LogP contribution in [0, 0.1) is 0 Å². The van der Waals surface area contributed by atoms with Crippen LogP contribution < -0.4 is 0 Å². The Morgan fingerprint density at radius 3 is 2.23 bits per heavy atom. The molecule has 76 valence electrons. The highest BCUT2D eigenvalue weighted by Crippen LogP contribution is 2.27. The molecular formula is C8H15NO4. The molecule has 2 fully saturated rings. The van der Waals surface area contributed by atoms with Gasteiger partial charge in [0, 0.05) is 13.1 Å². The fourth-order valence-corrected chi connectivity index (χ4v) is 2.27. The van der Waals surface area contributed by atoms with Crippen LogP contribution in [-0.2, 0) is 0 Å². The SMILES string of the molecule is O[C@@H]1[C@@H]2[C@H](O)[C@H](O)CN2CC[C@H]1O. The van der Waals surface area contributed by atoms with Gasteiger partial charge in [0.15, 0.2) is 0 Å². The molecule has 2 aliphatic heterocycles. The number of piperidine rings is 1. The van der Waals surface area contributed by atoms with E-state index in [4.69, 9.17) is 0 Å². The van der Waals surface area contributed by atoms with Crippen LogP contribution in [-0.4, -0.2) is 68.9 Å². The van der Waals surface area contributed by atoms with Crippen LogP contribution in [0.5, 0.6) is 0 Å². The van der Waals surface area contributed by atoms with E-state index in [-0.39, 0.29) is 0 Å². The van der Waals surface area contributed by atoms with E-state index in [1.165, 1.54) is 0 Å². The third-order valence-corrected chi connectivity index (χ3v) is 3.04. The van der Waals surface area contributed by atoms with Gasteiger partial charge in [-0.1, -0.05) is 0 Å². The molecule has 5 nitrogen and oxygen atoms in total. The van der Waals surface area contributed by atoms with Crippen molar-refractivity contribution in [2.75, 3.05) is 13.1 Å². The maximum absolute atomic E-state index is 9.57. The van der Waals surface area contributed by atoms with Crippen molar-refractivity contribution in [3.63, 3.8) is 0 Å². The fraction of sp³-hybridized carbons (Fsp3) is 1.00. The summed E-state index contributed by atoms with van der Waals surface area (Å²) in [5, 5.41) is 37.8. The van der Waals surface area contributed by atoms with E-state index in [0.29, 0.717) is 19.5 Å². The van der Waals surface area contributed by atoms with Crippen LogP contribution in [0.2, 0.25) is 0 Å². The standard InChI is InChI=1S/C8H15NO4/c10-4-1-2-9-3-5(11)8(13)6(9)7(4)12/h4-8,10-13H,1-3H2/t4-,5-,6-,7+,8-/m1/s1. The molecular weight excluding hydrogens is 174 g/mol. The number of fused-ring (bicyclic) bond motifs is 1. The molecule has 0 unspecified atom stereocenters. The fourth-order valence-electron chi connectivity index (χ4n) is 2.27. The predicted octanol–water partition coefficient (Wildman–Crippen LogP) is -2.48. The molecule has 0 saturated carbocycles. The Labute approximate surface area is 76.2 Å². The van der Waals surface area contributed by atoms with E-state index >= 15 is 0 Å². The summed E-state index contributed by atoms with van der Waals surface area (Å²) in [5.41, 5.74) is 0. The number of aliphatic hydroxyl groups excluding tert-OH is 4. The lowest BCUT2D eigenvalue weighted by Gasteiger charge is -2.37. The van der Waals surface area contributed by atoms with Gasteiger partial charge in [-0.3, -0.25) is 4.90 Å². The van der Waals surface area contributed by atoms with Crippen molar-refractivity contribution in [2.45, 2.75) is 36.9 Å². The zero-order valence-electron chi connectivity index (χ0n) is 7.24. The van der Waals surface area contributed by atoms with Gasteiger partial charge < -0.3 is 20.4 Å². The number of hydrogen-bond acceptors (Lipinski definition) is 5. The van der Waals surface area contributed by atoms with Gasteiger partial charge in [-0.15, -0.1) is 0 Å². The molecule has 5 atom stereocenters. The van der Waals surface area contributed by atoms with Crippen LogP contribution in [0.4, 0.5) is 0 Å². The third kappa shape index (κ3) is 1.37. The average molecular weight is 189 g/mol. The molecule has 0 radical (unpaired) electrons. The van der Waals surface area contributed by atoms with Gasteiger partial charge in [0.05, 0.1) is 30.5 Å². The molecule has 2 rings (SSSR count). The van der Waals surface area contributed by atoms with E-state index in [0.717, 1.165) is 0 Å². The van der Waals surface area contributed by atoms with E-state index in [9.17, 15) is 20.4 Å². The van der Waals surface area contributed by atoms with Crippen molar-refractivity contribution >= 4 is 0 Å². The first kappa shape index (κ1) is 9.36. The summed E-state index contributed by atoms with van der Waals surface area (Å²) < 4.78 is 0. The zero-order valence-corrected chi connectivity index (χ0v) is 7.24. The van der Waals surface area contributed by atoms with Crippen molar-refractivity contribution in [1.82, 2.24) is 4.90 Å². The monoisotopic (exact) mass is 189 g/mol. The molecule has 0 bridgehead atoms. The highest BCUT2D eigenvalue weighted by Gasteiger charge is 2.48. The van der Waals surface area contributed by atoms with Crippen molar-refractivity contribution in [2.24, 2.45) is 0 Å². The van der Waals surface area contributed by atoms with Crippen LogP contribution in [0.3, 0.4) is 0 Å². The second-order valence-corrected chi connectivity index (χ2v) is 3.89. The normalized spacial score (nSPS) is 52.2. The molecule has 0 aromatic heterocycles. The molecule has 2 aliphatic rings. The van der Waals surface area contributed by atoms with Crippen molar-refractivity contribution in [3.05, 3.63) is 0 Å². The van der Waals surface area contributed by atoms with E-state index in [1.54, 1.807) is 0 Å². The minimum absolute atomic E-state index is 0.385. The topological polar surface area (TPSA) is 84.2 Å². The Bertz CT molecular complexity index is 199. The minimum Gasteiger partial charge on any atom is -0.390 e. The van der Waals surface area contributed by atoms with Crippen molar-refractivity contribution in [1.29, 1.82) is 0 Å². The Hall–Kier alpha value is -0.200. The largest absolute Gasteiger partial charge is 0.390 e. The molecule has 0 aromatic rings. The first-order valence-corrected chi connectivity index (χ1v) is 4.57. The summed E-state index contributed by atoms with van der Waals surface area (Å²) in [4.78, 5) is 1.83. The Morgan fingerprint density at radius 1 is 0.923 bits per heavy atom. The summed E-state index contributed by atoms with van der Waals surface area (Å²) in [6.07, 6.45) is -2.96. The second-order valence-electron chi connectivity index (χ2n) is 3.89. The lowest BCUT2D eigenvalue weighted by atomic mass is 9.94. The van der Waals surface area contributed by atoms with Crippen LogP contribution >= 0.6 is 0 Å². The predicted molar refractivity (Wildman–Crippen MR) is 44.0 cm³/mol. The van der Waals surface area contributed by atoms with Gasteiger partial charge in [-0.25, -0.2) is 0 Å². The first-order chi connectivity index (χ1) is 6.11. The molecule has 2 saturated heterocycles. The van der Waals surface area contributed by atoms with Gasteiger partial charge >= 0.3 is 0 Å². The summed E-state index contributed by atoms with van der Waals surface area (Å²) in [5.74, 6) is 0. The molecule has 13 heavy (non-hydrogen) atoms. The van der Waals surface area contributed by atoms with Gasteiger partial charge in [0.1, 0.15) is 0 Å². The quantitative estimate of drug-likeness (QED) is 0.339. The Kier molecular flexibility index (Phi) is 2.29. The lowest BCUT2D eigenvalue weighted by molar-refractivity contribution is -0.0907. The third-order valence-electron chi connectivity index (χ3n) is 3.04. The van der Waals surface area contributed by atoms with E-state index < -0.39 is 30.5 Å². The average Bonchev–Trinajstić information content (AvgIpc) is 2.37. The molecule has 2 heterocycles. The van der Waals surface area contributed by atoms with Gasteiger partial charge in [0.25, 0.3) is 0 Å². The molecule has 0 aliphatic carbocycles. The van der Waals surface area contributed by atoms with Gasteiger partial charge in [0.2, 0.25) is 0 Å². The molecule has 0 amide bonds. The summed E-state index contributed by atoms with van der Waals surface area (Å²) in [6.45, 7) is 1.01. The smallest absolute Gasteiger partial charge is 0.0992 e. The Morgan fingerprint density at radius 2 is 1.54 bits per heavy atom.